The summed E-state index contributed by atoms with van der Waals surface area (Å²) in [5, 5.41) is 11.1. The van der Waals surface area contributed by atoms with Gasteiger partial charge in [-0.15, -0.1) is 0 Å². The Bertz CT molecular complexity index is 868. The van der Waals surface area contributed by atoms with E-state index in [0.717, 1.165) is 18.4 Å². The number of nitrogens with zero attached hydrogens (tertiary/aromatic N) is 3. The van der Waals surface area contributed by atoms with Crippen LogP contribution < -0.4 is 4.90 Å². The molecule has 0 spiro atoms. The lowest BCUT2D eigenvalue weighted by Crippen LogP contribution is -2.55. The number of benzene rings is 1. The number of anilines is 1. The molecular weight excluding hydrogens is 364 g/mol. The van der Waals surface area contributed by atoms with Crippen LogP contribution in [0.4, 0.5) is 14.6 Å². The van der Waals surface area contributed by atoms with Crippen LogP contribution >= 0.6 is 0 Å². The maximum absolute atomic E-state index is 13.6. The van der Waals surface area contributed by atoms with Crippen LogP contribution in [0.2, 0.25) is 0 Å². The normalized spacial score (nSPS) is 21.8. The van der Waals surface area contributed by atoms with Crippen molar-refractivity contribution in [3.8, 4) is 0 Å². The number of aromatic nitrogens is 1. The van der Waals surface area contributed by atoms with E-state index in [9.17, 15) is 18.7 Å². The molecule has 0 saturated carbocycles. The lowest BCUT2D eigenvalue weighted by Gasteiger charge is -2.40. The molecule has 2 aromatic rings. The Balaban J connectivity index is 1.47. The zero-order chi connectivity index (χ0) is 19.7. The van der Waals surface area contributed by atoms with Gasteiger partial charge in [-0.05, 0) is 36.6 Å². The quantitative estimate of drug-likeness (QED) is 0.880. The molecule has 5 nitrogen and oxygen atoms in total. The number of hydrogen-bond donors (Lipinski definition) is 1. The molecule has 1 aromatic carbocycles. The highest BCUT2D eigenvalue weighted by Crippen LogP contribution is 2.36. The van der Waals surface area contributed by atoms with Gasteiger partial charge in [0.2, 0.25) is 0 Å². The Kier molecular flexibility index (Phi) is 5.02. The van der Waals surface area contributed by atoms with E-state index in [4.69, 9.17) is 0 Å². The van der Waals surface area contributed by atoms with Crippen LogP contribution in [0, 0.1) is 11.6 Å². The third-order valence-corrected chi connectivity index (χ3v) is 5.77. The number of aliphatic hydroxyl groups is 1. The van der Waals surface area contributed by atoms with Crippen molar-refractivity contribution in [2.75, 3.05) is 24.5 Å². The second-order valence-corrected chi connectivity index (χ2v) is 7.56. The van der Waals surface area contributed by atoms with Crippen molar-refractivity contribution in [1.82, 2.24) is 9.88 Å². The molecule has 0 aliphatic carbocycles. The van der Waals surface area contributed by atoms with Crippen molar-refractivity contribution in [2.45, 2.75) is 37.3 Å². The van der Waals surface area contributed by atoms with Crippen LogP contribution in [-0.2, 0) is 4.79 Å². The van der Waals surface area contributed by atoms with Gasteiger partial charge in [0.1, 0.15) is 23.1 Å². The molecule has 2 saturated heterocycles. The van der Waals surface area contributed by atoms with Gasteiger partial charge >= 0.3 is 0 Å². The molecule has 28 heavy (non-hydrogen) atoms. The lowest BCUT2D eigenvalue weighted by atomic mass is 9.89. The Hall–Kier alpha value is -2.54. The Labute approximate surface area is 162 Å². The van der Waals surface area contributed by atoms with Crippen molar-refractivity contribution in [3.05, 3.63) is 59.8 Å². The van der Waals surface area contributed by atoms with Crippen molar-refractivity contribution in [1.29, 1.82) is 0 Å². The highest BCUT2D eigenvalue weighted by molar-refractivity contribution is 5.86. The molecule has 7 heteroatoms. The molecule has 2 aliphatic rings. The van der Waals surface area contributed by atoms with Gasteiger partial charge in [-0.25, -0.2) is 13.8 Å². The van der Waals surface area contributed by atoms with Crippen LogP contribution in [0.15, 0.2) is 42.6 Å². The van der Waals surface area contributed by atoms with Crippen molar-refractivity contribution in [2.24, 2.45) is 0 Å². The first-order valence-electron chi connectivity index (χ1n) is 9.62. The molecule has 3 heterocycles. The monoisotopic (exact) mass is 387 g/mol. The summed E-state index contributed by atoms with van der Waals surface area (Å²) in [6.07, 6.45) is 3.48. The average Bonchev–Trinajstić information content (AvgIpc) is 3.17. The topological polar surface area (TPSA) is 56.7 Å². The highest BCUT2D eigenvalue weighted by Gasteiger charge is 2.45. The molecule has 1 N–H and O–H groups in total. The van der Waals surface area contributed by atoms with Crippen molar-refractivity contribution >= 4 is 11.7 Å². The summed E-state index contributed by atoms with van der Waals surface area (Å²) in [5.74, 6) is -0.484. The van der Waals surface area contributed by atoms with Gasteiger partial charge < -0.3 is 14.9 Å². The number of hydrogen-bond acceptors (Lipinski definition) is 4. The summed E-state index contributed by atoms with van der Waals surface area (Å²) in [5.41, 5.74) is -0.699. The number of rotatable bonds is 3. The maximum atomic E-state index is 13.6. The van der Waals surface area contributed by atoms with Gasteiger partial charge in [-0.1, -0.05) is 12.1 Å². The number of halogens is 2. The highest BCUT2D eigenvalue weighted by atomic mass is 19.1. The number of carbonyl (C=O) groups excluding carboxylic acids is 1. The van der Waals surface area contributed by atoms with E-state index in [1.165, 1.54) is 30.5 Å². The molecule has 0 radical (unpaired) electrons. The van der Waals surface area contributed by atoms with Crippen LogP contribution in [0.3, 0.4) is 0 Å². The summed E-state index contributed by atoms with van der Waals surface area (Å²) in [4.78, 5) is 20.9. The third-order valence-electron chi connectivity index (χ3n) is 5.77. The first-order chi connectivity index (χ1) is 13.5. The number of likely N-dealkylation sites (tertiary alicyclic amines) is 1. The van der Waals surface area contributed by atoms with Crippen LogP contribution in [0.1, 0.15) is 37.3 Å². The van der Waals surface area contributed by atoms with Gasteiger partial charge in [0, 0.05) is 44.7 Å². The second kappa shape index (κ2) is 7.47. The molecule has 4 rings (SSSR count). The number of amides is 1. The average molecular weight is 387 g/mol. The van der Waals surface area contributed by atoms with Gasteiger partial charge in [0.15, 0.2) is 0 Å². The maximum Gasteiger partial charge on any atom is 0.255 e. The molecule has 1 amide bonds. The Morgan fingerprint density at radius 2 is 1.86 bits per heavy atom. The largest absolute Gasteiger partial charge is 0.380 e. The van der Waals surface area contributed by atoms with Gasteiger partial charge in [-0.2, -0.15) is 0 Å². The molecule has 1 aromatic heterocycles. The number of carbonyl (C=O) groups is 1. The SMILES string of the molecule is O=C(N1CCC[C@H]1c1cccc(F)c1)C1(O)CCN(c2cc(F)ccn2)CC1. The van der Waals surface area contributed by atoms with Crippen LogP contribution in [-0.4, -0.2) is 46.1 Å². The van der Waals surface area contributed by atoms with Gasteiger partial charge in [0.05, 0.1) is 6.04 Å². The van der Waals surface area contributed by atoms with E-state index in [1.54, 1.807) is 11.0 Å². The van der Waals surface area contributed by atoms with E-state index in [0.29, 0.717) is 25.5 Å². The summed E-state index contributed by atoms with van der Waals surface area (Å²) in [6, 6.07) is 8.73. The van der Waals surface area contributed by atoms with Gasteiger partial charge in [-0.3, -0.25) is 4.79 Å². The van der Waals surface area contributed by atoms with E-state index in [1.807, 2.05) is 11.0 Å². The first-order valence-corrected chi connectivity index (χ1v) is 9.62. The summed E-state index contributed by atoms with van der Waals surface area (Å²) in [7, 11) is 0. The number of piperidine rings is 1. The van der Waals surface area contributed by atoms with E-state index < -0.39 is 5.60 Å². The lowest BCUT2D eigenvalue weighted by molar-refractivity contribution is -0.154. The Morgan fingerprint density at radius 3 is 2.57 bits per heavy atom. The predicted octanol–water partition coefficient (Wildman–Crippen LogP) is 3.05. The molecule has 148 valence electrons. The molecule has 2 aliphatic heterocycles. The predicted molar refractivity (Wildman–Crippen MR) is 101 cm³/mol. The van der Waals surface area contributed by atoms with E-state index in [2.05, 4.69) is 4.98 Å². The minimum absolute atomic E-state index is 0.213. The minimum atomic E-state index is -1.46. The zero-order valence-electron chi connectivity index (χ0n) is 15.5. The van der Waals surface area contributed by atoms with Crippen LogP contribution in [0.5, 0.6) is 0 Å². The first kappa shape index (κ1) is 18.8. The molecule has 2 fully saturated rings. The standard InChI is InChI=1S/C21H23F2N3O2/c22-16-4-1-3-15(13-16)18-5-2-10-26(18)20(27)21(28)7-11-25(12-8-21)19-14-17(23)6-9-24-19/h1,3-4,6,9,13-14,18,28H,2,5,7-8,10-12H2/t18-/m0/s1. The van der Waals surface area contributed by atoms with Gasteiger partial charge in [0.25, 0.3) is 5.91 Å². The number of pyridine rings is 1. The third kappa shape index (κ3) is 3.58. The summed E-state index contributed by atoms with van der Waals surface area (Å²) >= 11 is 0. The van der Waals surface area contributed by atoms with Crippen molar-refractivity contribution < 1.29 is 18.7 Å². The van der Waals surface area contributed by atoms with Crippen LogP contribution in [0.25, 0.3) is 0 Å². The summed E-state index contributed by atoms with van der Waals surface area (Å²) in [6.45, 7) is 1.38. The molecule has 1 atom stereocenters. The Morgan fingerprint density at radius 1 is 1.11 bits per heavy atom. The zero-order valence-corrected chi connectivity index (χ0v) is 15.5. The van der Waals surface area contributed by atoms with Crippen molar-refractivity contribution in [3.63, 3.8) is 0 Å². The fourth-order valence-electron chi connectivity index (χ4n) is 4.22. The molecule has 0 bridgehead atoms. The summed E-state index contributed by atoms with van der Waals surface area (Å²) < 4.78 is 27.1. The van der Waals surface area contributed by atoms with E-state index in [-0.39, 0.29) is 36.4 Å². The van der Waals surface area contributed by atoms with E-state index >= 15 is 0 Å². The minimum Gasteiger partial charge on any atom is -0.380 e. The smallest absolute Gasteiger partial charge is 0.255 e. The fraction of sp³-hybridized carbons (Fsp3) is 0.429. The molecular formula is C21H23F2N3O2. The fourth-order valence-corrected chi connectivity index (χ4v) is 4.22. The molecule has 0 unspecified atom stereocenters. The second-order valence-electron chi connectivity index (χ2n) is 7.56.